The molecule has 11 aromatic rings. The summed E-state index contributed by atoms with van der Waals surface area (Å²) in [7, 11) is 0. The number of nitrogens with zero attached hydrogens (tertiary/aromatic N) is 3. The van der Waals surface area contributed by atoms with Crippen LogP contribution in [-0.2, 0) is 25.5 Å². The van der Waals surface area contributed by atoms with E-state index in [1.165, 1.54) is 46.1 Å². The number of aryl methyl sites for hydroxylation is 2. The molecule has 0 atom stereocenters. The summed E-state index contributed by atoms with van der Waals surface area (Å²) in [4.78, 5) is 14.1. The second kappa shape index (κ2) is 15.6. The number of furan rings is 1. The van der Waals surface area contributed by atoms with E-state index in [4.69, 9.17) is 22.6 Å². The minimum atomic E-state index is -2.18. The van der Waals surface area contributed by atoms with Crippen molar-refractivity contribution in [2.45, 2.75) is 39.9 Å². The molecule has 0 amide bonds. The van der Waals surface area contributed by atoms with Gasteiger partial charge >= 0.3 is 0 Å². The van der Waals surface area contributed by atoms with E-state index in [0.29, 0.717) is 11.3 Å². The minimum absolute atomic E-state index is 0. The van der Waals surface area contributed by atoms with Crippen molar-refractivity contribution in [3.05, 3.63) is 187 Å². The van der Waals surface area contributed by atoms with E-state index in [1.54, 1.807) is 12.1 Å². The summed E-state index contributed by atoms with van der Waals surface area (Å²) in [6.07, 6.45) is 5.25. The maximum Gasteiger partial charge on any atom is 0.128 e. The first-order valence-corrected chi connectivity index (χ1v) is 19.6. The molecule has 0 aliphatic carbocycles. The van der Waals surface area contributed by atoms with E-state index in [1.807, 2.05) is 24.5 Å². The Hall–Kier alpha value is -6.52. The molecule has 0 fully saturated rings. The predicted octanol–water partition coefficient (Wildman–Crippen LogP) is 14.6. The van der Waals surface area contributed by atoms with Crippen LogP contribution in [0.5, 0.6) is 0 Å². The van der Waals surface area contributed by atoms with Gasteiger partial charge in [-0.1, -0.05) is 142 Å². The quantitative estimate of drug-likeness (QED) is 0.131. The van der Waals surface area contributed by atoms with Gasteiger partial charge in [-0.15, -0.1) is 53.6 Å². The van der Waals surface area contributed by atoms with Crippen LogP contribution in [0.4, 0.5) is 0 Å². The van der Waals surface area contributed by atoms with Gasteiger partial charge in [0.25, 0.3) is 0 Å². The van der Waals surface area contributed by atoms with E-state index in [0.717, 1.165) is 71.4 Å². The van der Waals surface area contributed by atoms with Gasteiger partial charge in [0.15, 0.2) is 0 Å². The Morgan fingerprint density at radius 3 is 2.07 bits per heavy atom. The summed E-state index contributed by atoms with van der Waals surface area (Å²) in [5, 5.41) is 10.4. The van der Waals surface area contributed by atoms with Crippen LogP contribution < -0.4 is 0 Å². The minimum Gasteiger partial charge on any atom is -0.500 e. The Bertz CT molecular complexity index is 3510. The van der Waals surface area contributed by atoms with E-state index < -0.39 is 13.7 Å². The zero-order valence-electron chi connectivity index (χ0n) is 39.1. The van der Waals surface area contributed by atoms with Crippen molar-refractivity contribution in [2.24, 2.45) is 0 Å². The number of hydrogen-bond donors (Lipinski definition) is 0. The fourth-order valence-electron chi connectivity index (χ4n) is 8.24. The van der Waals surface area contributed by atoms with Crippen LogP contribution in [0.25, 0.3) is 98.8 Å². The summed E-state index contributed by atoms with van der Waals surface area (Å²) < 4.78 is 50.3. The number of benzene rings is 7. The molecule has 4 aromatic heterocycles. The van der Waals surface area contributed by atoms with Gasteiger partial charge in [0.1, 0.15) is 5.58 Å². The van der Waals surface area contributed by atoms with Crippen molar-refractivity contribution < 1.29 is 32.7 Å². The van der Waals surface area contributed by atoms with Crippen molar-refractivity contribution in [3.8, 4) is 33.6 Å². The molecule has 0 aliphatic rings. The standard InChI is InChI=1S/C42H29N2O.C13H12N.Ir/c1-42(2,3)36-24-44-37(34-18-9-17-32-33-21-20-25-11-4-5-12-26(25)40(33)45-41(32)34)23-35(36)30-16-8-15-29-27-13-6-7-14-28(27)31-19-10-22-43-39(31)38(29)30;1-10-3-6-12(7-4-10)13-8-5-11(2)9-14-13;/h4-17,19-24H,1-3H3;3-6,8-9H,1-2H3;/q2*-1;/i;1D3,2D3;. The number of pyridine rings is 3. The molecule has 60 heavy (non-hydrogen) atoms. The van der Waals surface area contributed by atoms with Crippen LogP contribution in [0.3, 0.4) is 0 Å². The fourth-order valence-corrected chi connectivity index (χ4v) is 8.24. The molecular weight excluding hydrogens is 911 g/mol. The van der Waals surface area contributed by atoms with Crippen molar-refractivity contribution in [1.82, 2.24) is 15.0 Å². The number of aromatic nitrogens is 3. The smallest absolute Gasteiger partial charge is 0.128 e. The summed E-state index contributed by atoms with van der Waals surface area (Å²) in [5.74, 6) is 0. The molecule has 0 aliphatic heterocycles. The first-order valence-electron chi connectivity index (χ1n) is 22.6. The average molecular weight is 958 g/mol. The second-order valence-electron chi connectivity index (χ2n) is 15.8. The summed E-state index contributed by atoms with van der Waals surface area (Å²) in [6.45, 7) is 2.41. The number of rotatable bonds is 3. The normalized spacial score (nSPS) is 13.5. The molecule has 7 aromatic carbocycles. The van der Waals surface area contributed by atoms with Crippen LogP contribution in [0, 0.1) is 25.8 Å². The van der Waals surface area contributed by atoms with Gasteiger partial charge < -0.3 is 14.4 Å². The van der Waals surface area contributed by atoms with E-state index in [9.17, 15) is 0 Å². The fraction of sp³-hybridized carbons (Fsp3) is 0.109. The van der Waals surface area contributed by atoms with Gasteiger partial charge in [-0.3, -0.25) is 4.98 Å². The second-order valence-corrected chi connectivity index (χ2v) is 15.8. The summed E-state index contributed by atoms with van der Waals surface area (Å²) in [6, 6.07) is 52.4. The first-order chi connectivity index (χ1) is 31.1. The van der Waals surface area contributed by atoms with Crippen molar-refractivity contribution >= 4 is 65.2 Å². The molecule has 1 radical (unpaired) electrons. The Kier molecular flexibility index (Phi) is 8.40. The van der Waals surface area contributed by atoms with Crippen molar-refractivity contribution in [2.75, 3.05) is 0 Å². The molecule has 0 spiro atoms. The predicted molar refractivity (Wildman–Crippen MR) is 246 cm³/mol. The number of fused-ring (bicyclic) bond motifs is 11. The van der Waals surface area contributed by atoms with Crippen LogP contribution >= 0.6 is 0 Å². The molecular formula is C55H41IrN3O-2. The third-order valence-corrected chi connectivity index (χ3v) is 11.1. The van der Waals surface area contributed by atoms with Crippen LogP contribution in [0.2, 0.25) is 0 Å². The zero-order chi connectivity index (χ0) is 45.3. The largest absolute Gasteiger partial charge is 0.500 e. The van der Waals surface area contributed by atoms with Gasteiger partial charge in [-0.25, -0.2) is 0 Å². The molecule has 11 rings (SSSR count). The Morgan fingerprint density at radius 1 is 0.567 bits per heavy atom. The average Bonchev–Trinajstić information content (AvgIpc) is 3.70. The molecule has 5 heteroatoms. The molecule has 0 saturated carbocycles. The van der Waals surface area contributed by atoms with Crippen LogP contribution in [0.15, 0.2) is 163 Å². The number of hydrogen-bond acceptors (Lipinski definition) is 4. The van der Waals surface area contributed by atoms with E-state index in [2.05, 4.69) is 135 Å². The van der Waals surface area contributed by atoms with Gasteiger partial charge in [0, 0.05) is 68.5 Å². The summed E-state index contributed by atoms with van der Waals surface area (Å²) in [5.41, 5.74) is 9.30. The molecule has 0 bridgehead atoms. The molecule has 4 heterocycles. The van der Waals surface area contributed by atoms with Crippen LogP contribution in [0.1, 0.15) is 45.7 Å². The SMILES string of the molecule is CC(C)(C)c1cnc(-c2[c-]ccc3c2oc2c4ccccc4ccc32)cc1-c1cccc2c3ccccc3c3cccnc3c12.[2H]C([2H])([2H])c1c[c-]c(-c2ccc(C([2H])([2H])[2H])cn2)cc1.[Ir]. The van der Waals surface area contributed by atoms with E-state index in [-0.39, 0.29) is 36.6 Å². The van der Waals surface area contributed by atoms with Crippen molar-refractivity contribution in [1.29, 1.82) is 0 Å². The Balaban J connectivity index is 0.000000221. The molecule has 0 saturated heterocycles. The summed E-state index contributed by atoms with van der Waals surface area (Å²) >= 11 is 0. The molecule has 4 nitrogen and oxygen atoms in total. The van der Waals surface area contributed by atoms with Crippen molar-refractivity contribution in [3.63, 3.8) is 0 Å². The maximum absolute atomic E-state index is 7.28. The molecule has 293 valence electrons. The first kappa shape index (κ1) is 32.3. The van der Waals surface area contributed by atoms with Gasteiger partial charge in [-0.2, -0.15) is 0 Å². The van der Waals surface area contributed by atoms with Gasteiger partial charge in [-0.05, 0) is 73.5 Å². The third-order valence-electron chi connectivity index (χ3n) is 11.1. The van der Waals surface area contributed by atoms with E-state index >= 15 is 0 Å². The Morgan fingerprint density at radius 2 is 1.30 bits per heavy atom. The Labute approximate surface area is 371 Å². The monoisotopic (exact) mass is 958 g/mol. The molecule has 0 N–H and O–H groups in total. The maximum atomic E-state index is 7.28. The zero-order valence-corrected chi connectivity index (χ0v) is 35.5. The third kappa shape index (κ3) is 6.84. The van der Waals surface area contributed by atoms with Crippen LogP contribution in [-0.4, -0.2) is 15.0 Å². The van der Waals surface area contributed by atoms with Gasteiger partial charge in [0.2, 0.25) is 0 Å². The van der Waals surface area contributed by atoms with Gasteiger partial charge in [0.05, 0.1) is 11.1 Å². The molecule has 0 unspecified atom stereocenters. The topological polar surface area (TPSA) is 51.8 Å².